The first kappa shape index (κ1) is 14.9. The molecule has 4 N–H and O–H groups in total. The van der Waals surface area contributed by atoms with Crippen molar-refractivity contribution in [1.29, 1.82) is 0 Å². The van der Waals surface area contributed by atoms with Crippen LogP contribution in [0.1, 0.15) is 11.8 Å². The number of rotatable bonds is 2. The predicted molar refractivity (Wildman–Crippen MR) is 72.2 cm³/mol. The van der Waals surface area contributed by atoms with Crippen LogP contribution in [0.3, 0.4) is 0 Å². The molecule has 16 heavy (non-hydrogen) atoms. The molecule has 0 spiro atoms. The minimum Gasteiger partial charge on any atom is -0.412 e. The average Bonchev–Trinajstić information content (AvgIpc) is 2.61. The number of halogens is 1. The molecule has 5 heteroatoms. The lowest BCUT2D eigenvalue weighted by molar-refractivity contribution is 0.824. The van der Waals surface area contributed by atoms with E-state index in [1.165, 1.54) is 4.88 Å². The van der Waals surface area contributed by atoms with E-state index in [9.17, 15) is 0 Å². The van der Waals surface area contributed by atoms with Crippen LogP contribution in [0.4, 0.5) is 5.13 Å². The molecule has 1 aromatic heterocycles. The van der Waals surface area contributed by atoms with E-state index >= 15 is 0 Å². The van der Waals surface area contributed by atoms with Gasteiger partial charge in [-0.25, -0.2) is 4.98 Å². The summed E-state index contributed by atoms with van der Waals surface area (Å²) in [5.41, 5.74) is 7.89. The van der Waals surface area contributed by atoms with Gasteiger partial charge in [0.15, 0.2) is 5.13 Å². The van der Waals surface area contributed by atoms with Crippen LogP contribution in [0.25, 0.3) is 11.3 Å². The first-order chi connectivity index (χ1) is 6.81. The van der Waals surface area contributed by atoms with E-state index in [1.807, 2.05) is 18.2 Å². The van der Waals surface area contributed by atoms with Crippen molar-refractivity contribution in [3.8, 4) is 11.3 Å². The highest BCUT2D eigenvalue weighted by Crippen LogP contribution is 2.29. The number of nitrogen functional groups attached to an aromatic ring is 1. The van der Waals surface area contributed by atoms with Crippen LogP contribution in [0.15, 0.2) is 30.3 Å². The molecule has 0 aliphatic rings. The number of thiazole rings is 1. The van der Waals surface area contributed by atoms with Gasteiger partial charge in [-0.3, -0.25) is 0 Å². The second kappa shape index (κ2) is 6.48. The molecule has 1 aromatic carbocycles. The number of aryl methyl sites for hydroxylation is 1. The summed E-state index contributed by atoms with van der Waals surface area (Å²) in [6.07, 6.45) is 0.985. The van der Waals surface area contributed by atoms with Crippen molar-refractivity contribution in [2.75, 3.05) is 5.73 Å². The van der Waals surface area contributed by atoms with Crippen molar-refractivity contribution in [1.82, 2.24) is 4.98 Å². The molecule has 2 aromatic rings. The lowest BCUT2D eigenvalue weighted by Gasteiger charge is -1.98. The van der Waals surface area contributed by atoms with E-state index in [2.05, 4.69) is 24.0 Å². The Morgan fingerprint density at radius 3 is 2.44 bits per heavy atom. The minimum absolute atomic E-state index is 0. The standard InChI is InChI=1S/C11H12N2S.ClH.H2O/c1-2-9-10(13-11(12)14-9)8-6-4-3-5-7-8;;/h3-7H,2H2,1H3,(H2,12,13);1H;1H2. The molecule has 0 atom stereocenters. The fourth-order valence-corrected chi connectivity index (χ4v) is 2.22. The summed E-state index contributed by atoms with van der Waals surface area (Å²) < 4.78 is 0. The highest BCUT2D eigenvalue weighted by atomic mass is 35.5. The molecule has 0 amide bonds. The molecule has 0 unspecified atom stereocenters. The smallest absolute Gasteiger partial charge is 0.180 e. The first-order valence-electron chi connectivity index (χ1n) is 4.62. The number of anilines is 1. The van der Waals surface area contributed by atoms with Gasteiger partial charge in [0.25, 0.3) is 0 Å². The Hall–Kier alpha value is -1.10. The largest absolute Gasteiger partial charge is 0.412 e. The molecule has 88 valence electrons. The number of nitrogens with zero attached hydrogens (tertiary/aromatic N) is 1. The van der Waals surface area contributed by atoms with Gasteiger partial charge in [0, 0.05) is 10.4 Å². The second-order valence-corrected chi connectivity index (χ2v) is 4.16. The van der Waals surface area contributed by atoms with E-state index in [1.54, 1.807) is 11.3 Å². The van der Waals surface area contributed by atoms with E-state index in [0.29, 0.717) is 5.13 Å². The quantitative estimate of drug-likeness (QED) is 0.899. The molecule has 0 fully saturated rings. The highest BCUT2D eigenvalue weighted by molar-refractivity contribution is 7.15. The van der Waals surface area contributed by atoms with Crippen LogP contribution in [0.2, 0.25) is 0 Å². The van der Waals surface area contributed by atoms with Gasteiger partial charge in [-0.1, -0.05) is 37.3 Å². The fraction of sp³-hybridized carbons (Fsp3) is 0.182. The predicted octanol–water partition coefficient (Wildman–Crippen LogP) is 2.55. The number of hydrogen-bond acceptors (Lipinski definition) is 3. The molecule has 3 nitrogen and oxygen atoms in total. The van der Waals surface area contributed by atoms with Crippen LogP contribution in [-0.4, -0.2) is 10.5 Å². The Labute approximate surface area is 105 Å². The summed E-state index contributed by atoms with van der Waals surface area (Å²) in [5, 5.41) is 0.653. The minimum atomic E-state index is 0. The van der Waals surface area contributed by atoms with Crippen molar-refractivity contribution < 1.29 is 5.48 Å². The first-order valence-corrected chi connectivity index (χ1v) is 5.43. The van der Waals surface area contributed by atoms with Crippen LogP contribution in [0.5, 0.6) is 0 Å². The Balaban J connectivity index is 0.00000112. The molecular formula is C11H15ClN2OS. The third-order valence-electron chi connectivity index (χ3n) is 2.08. The molecule has 0 bridgehead atoms. The van der Waals surface area contributed by atoms with E-state index in [0.717, 1.165) is 17.7 Å². The maximum atomic E-state index is 5.70. The summed E-state index contributed by atoms with van der Waals surface area (Å²) in [6, 6.07) is 10.2. The van der Waals surface area contributed by atoms with Gasteiger partial charge in [0.1, 0.15) is 0 Å². The Morgan fingerprint density at radius 1 is 1.25 bits per heavy atom. The zero-order chi connectivity index (χ0) is 9.97. The SMILES string of the molecule is CCc1sc(N)nc1-c1ccccc1.Cl.O. The molecule has 2 rings (SSSR count). The summed E-state index contributed by atoms with van der Waals surface area (Å²) in [4.78, 5) is 5.61. The summed E-state index contributed by atoms with van der Waals surface area (Å²) in [5.74, 6) is 0. The van der Waals surface area contributed by atoms with E-state index in [-0.39, 0.29) is 17.9 Å². The topological polar surface area (TPSA) is 70.4 Å². The van der Waals surface area contributed by atoms with Crippen LogP contribution < -0.4 is 5.73 Å². The number of nitrogens with two attached hydrogens (primary N) is 1. The van der Waals surface area contributed by atoms with E-state index in [4.69, 9.17) is 5.73 Å². The van der Waals surface area contributed by atoms with Crippen molar-refractivity contribution in [3.05, 3.63) is 35.2 Å². The van der Waals surface area contributed by atoms with Gasteiger partial charge >= 0.3 is 0 Å². The normalized spacial score (nSPS) is 9.06. The molecule has 0 aliphatic heterocycles. The molecular weight excluding hydrogens is 244 g/mol. The zero-order valence-corrected chi connectivity index (χ0v) is 10.6. The lowest BCUT2D eigenvalue weighted by atomic mass is 10.1. The van der Waals surface area contributed by atoms with Crippen LogP contribution in [-0.2, 0) is 6.42 Å². The van der Waals surface area contributed by atoms with Gasteiger partial charge in [-0.05, 0) is 6.42 Å². The van der Waals surface area contributed by atoms with Crippen LogP contribution >= 0.6 is 23.7 Å². The van der Waals surface area contributed by atoms with Gasteiger partial charge in [0.05, 0.1) is 5.69 Å². The number of hydrogen-bond donors (Lipinski definition) is 1. The van der Waals surface area contributed by atoms with E-state index < -0.39 is 0 Å². The third-order valence-corrected chi connectivity index (χ3v) is 3.11. The third kappa shape index (κ3) is 2.95. The highest BCUT2D eigenvalue weighted by Gasteiger charge is 2.08. The lowest BCUT2D eigenvalue weighted by Crippen LogP contribution is -1.84. The van der Waals surface area contributed by atoms with Gasteiger partial charge in [-0.2, -0.15) is 0 Å². The van der Waals surface area contributed by atoms with Crippen molar-refractivity contribution in [3.63, 3.8) is 0 Å². The molecule has 0 saturated heterocycles. The van der Waals surface area contributed by atoms with Gasteiger partial charge < -0.3 is 11.2 Å². The number of benzene rings is 1. The molecule has 0 radical (unpaired) electrons. The Bertz CT molecular complexity index is 431. The Morgan fingerprint density at radius 2 is 1.88 bits per heavy atom. The maximum Gasteiger partial charge on any atom is 0.180 e. The van der Waals surface area contributed by atoms with Gasteiger partial charge in [-0.15, -0.1) is 23.7 Å². The van der Waals surface area contributed by atoms with Crippen molar-refractivity contribution >= 4 is 28.9 Å². The Kier molecular flexibility index (Phi) is 6.03. The summed E-state index contributed by atoms with van der Waals surface area (Å²) in [7, 11) is 0. The summed E-state index contributed by atoms with van der Waals surface area (Å²) in [6.45, 7) is 2.12. The van der Waals surface area contributed by atoms with Crippen molar-refractivity contribution in [2.24, 2.45) is 0 Å². The number of aromatic nitrogens is 1. The monoisotopic (exact) mass is 258 g/mol. The van der Waals surface area contributed by atoms with Crippen LogP contribution in [0, 0.1) is 0 Å². The van der Waals surface area contributed by atoms with Crippen molar-refractivity contribution in [2.45, 2.75) is 13.3 Å². The summed E-state index contributed by atoms with van der Waals surface area (Å²) >= 11 is 1.58. The maximum absolute atomic E-state index is 5.70. The molecule has 0 aliphatic carbocycles. The second-order valence-electron chi connectivity index (χ2n) is 3.04. The fourth-order valence-electron chi connectivity index (χ4n) is 1.43. The zero-order valence-electron chi connectivity index (χ0n) is 8.93. The average molecular weight is 259 g/mol. The van der Waals surface area contributed by atoms with Gasteiger partial charge in [0.2, 0.25) is 0 Å². The molecule has 1 heterocycles. The molecule has 0 saturated carbocycles.